The highest BCUT2D eigenvalue weighted by Gasteiger charge is 2.38. The maximum Gasteiger partial charge on any atom is 0.446 e. The van der Waals surface area contributed by atoms with Crippen LogP contribution in [0.5, 0.6) is 5.75 Å². The maximum absolute atomic E-state index is 12.5. The maximum atomic E-state index is 12.5. The number of rotatable bonds is 4. The molecule has 1 atom stereocenters. The number of nitrogens with zero attached hydrogens (tertiary/aromatic N) is 1. The Morgan fingerprint density at radius 3 is 2.57 bits per heavy atom. The summed E-state index contributed by atoms with van der Waals surface area (Å²) in [5.74, 6) is -1.24. The number of halogens is 3. The van der Waals surface area contributed by atoms with Crippen molar-refractivity contribution < 1.29 is 32.7 Å². The number of alkyl halides is 3. The highest BCUT2D eigenvalue weighted by atomic mass is 32.2. The summed E-state index contributed by atoms with van der Waals surface area (Å²) in [4.78, 5) is 24.7. The molecule has 2 rings (SSSR count). The minimum Gasteiger partial charge on any atom is -0.497 e. The van der Waals surface area contributed by atoms with Crippen LogP contribution in [0.25, 0.3) is 0 Å². The second-order valence-corrected chi connectivity index (χ2v) is 5.86. The molecule has 23 heavy (non-hydrogen) atoms. The van der Waals surface area contributed by atoms with Crippen LogP contribution in [0.1, 0.15) is 16.8 Å². The highest BCUT2D eigenvalue weighted by Crippen LogP contribution is 2.39. The van der Waals surface area contributed by atoms with E-state index in [4.69, 9.17) is 9.94 Å². The quantitative estimate of drug-likeness (QED) is 0.493. The molecule has 1 fully saturated rings. The van der Waals surface area contributed by atoms with E-state index in [0.717, 1.165) is 6.07 Å². The summed E-state index contributed by atoms with van der Waals surface area (Å²) in [5.41, 5.74) is -3.06. The smallest absolute Gasteiger partial charge is 0.446 e. The summed E-state index contributed by atoms with van der Waals surface area (Å²) in [6, 6.07) is 2.73. The van der Waals surface area contributed by atoms with E-state index >= 15 is 0 Å². The van der Waals surface area contributed by atoms with Gasteiger partial charge in [-0.1, -0.05) is 0 Å². The highest BCUT2D eigenvalue weighted by molar-refractivity contribution is 8.00. The van der Waals surface area contributed by atoms with Gasteiger partial charge in [0.2, 0.25) is 0 Å². The molecule has 1 heterocycles. The van der Waals surface area contributed by atoms with Crippen molar-refractivity contribution in [2.45, 2.75) is 22.9 Å². The number of benzene rings is 1. The first kappa shape index (κ1) is 17.4. The van der Waals surface area contributed by atoms with E-state index in [-0.39, 0.29) is 34.5 Å². The molecular weight excluding hydrogens is 337 g/mol. The van der Waals surface area contributed by atoms with Gasteiger partial charge in [0.1, 0.15) is 11.8 Å². The second-order valence-electron chi connectivity index (χ2n) is 4.72. The fourth-order valence-electron chi connectivity index (χ4n) is 2.15. The van der Waals surface area contributed by atoms with Gasteiger partial charge in [-0.2, -0.15) is 13.2 Å². The topological polar surface area (TPSA) is 78.9 Å². The van der Waals surface area contributed by atoms with Gasteiger partial charge in [0, 0.05) is 17.0 Å². The number of hydrogen-bond acceptors (Lipinski definition) is 5. The van der Waals surface area contributed by atoms with Gasteiger partial charge in [-0.25, -0.2) is 5.48 Å². The van der Waals surface area contributed by atoms with Gasteiger partial charge in [0.05, 0.1) is 7.11 Å². The molecule has 126 valence electrons. The molecule has 10 heteroatoms. The number of amides is 2. The minimum absolute atomic E-state index is 0.0217. The van der Waals surface area contributed by atoms with Gasteiger partial charge in [-0.05, 0) is 36.4 Å². The van der Waals surface area contributed by atoms with Crippen LogP contribution in [0.15, 0.2) is 23.1 Å². The Morgan fingerprint density at radius 1 is 1.39 bits per heavy atom. The van der Waals surface area contributed by atoms with E-state index in [1.165, 1.54) is 29.6 Å². The fraction of sp³-hybridized carbons (Fsp3) is 0.385. The molecule has 2 N–H and O–H groups in total. The molecule has 2 amide bonds. The Balaban J connectivity index is 2.26. The molecule has 0 bridgehead atoms. The Bertz CT molecular complexity index is 624. The van der Waals surface area contributed by atoms with Gasteiger partial charge < -0.3 is 9.64 Å². The van der Waals surface area contributed by atoms with Crippen LogP contribution in [0.2, 0.25) is 0 Å². The lowest BCUT2D eigenvalue weighted by Crippen LogP contribution is -2.57. The third-order valence-corrected chi connectivity index (χ3v) is 3.99. The Labute approximate surface area is 133 Å². The van der Waals surface area contributed by atoms with Gasteiger partial charge in [0.25, 0.3) is 11.8 Å². The van der Waals surface area contributed by atoms with Crippen molar-refractivity contribution in [2.24, 2.45) is 0 Å². The van der Waals surface area contributed by atoms with Crippen molar-refractivity contribution in [2.75, 3.05) is 13.7 Å². The third-order valence-electron chi connectivity index (χ3n) is 3.29. The molecule has 1 aromatic rings. The first-order valence-corrected chi connectivity index (χ1v) is 7.26. The van der Waals surface area contributed by atoms with Crippen LogP contribution >= 0.6 is 11.8 Å². The van der Waals surface area contributed by atoms with Gasteiger partial charge in [0.15, 0.2) is 0 Å². The SMILES string of the molecule is COc1cc(SC(F)(F)F)cc(C(=O)N2CC[C@@H]2C(=O)NO)c1. The predicted octanol–water partition coefficient (Wildman–Crippen LogP) is 2.03. The number of methoxy groups -OCH3 is 1. The zero-order chi connectivity index (χ0) is 17.2. The number of thioether (sulfide) groups is 1. The van der Waals surface area contributed by atoms with Crippen LogP contribution in [0.4, 0.5) is 13.2 Å². The average Bonchev–Trinajstić information content (AvgIpc) is 2.43. The first-order chi connectivity index (χ1) is 10.7. The van der Waals surface area contributed by atoms with Crippen molar-refractivity contribution >= 4 is 23.6 Å². The number of ether oxygens (including phenoxy) is 1. The monoisotopic (exact) mass is 350 g/mol. The van der Waals surface area contributed by atoms with Crippen molar-refractivity contribution in [3.8, 4) is 5.75 Å². The fourth-order valence-corrected chi connectivity index (χ4v) is 2.78. The van der Waals surface area contributed by atoms with E-state index in [0.29, 0.717) is 6.42 Å². The van der Waals surface area contributed by atoms with Crippen molar-refractivity contribution in [1.29, 1.82) is 0 Å². The number of hydrogen-bond donors (Lipinski definition) is 2. The third kappa shape index (κ3) is 4.08. The lowest BCUT2D eigenvalue weighted by Gasteiger charge is -2.39. The van der Waals surface area contributed by atoms with Crippen molar-refractivity contribution in [1.82, 2.24) is 10.4 Å². The van der Waals surface area contributed by atoms with Crippen LogP contribution < -0.4 is 10.2 Å². The number of hydroxylamine groups is 1. The Hall–Kier alpha value is -1.94. The number of carbonyl (C=O) groups is 2. The van der Waals surface area contributed by atoms with Crippen molar-refractivity contribution in [3.63, 3.8) is 0 Å². The Kier molecular flexibility index (Phi) is 5.05. The summed E-state index contributed by atoms with van der Waals surface area (Å²) < 4.78 is 42.4. The van der Waals surface area contributed by atoms with E-state index in [1.54, 1.807) is 0 Å². The molecule has 0 unspecified atom stereocenters. The standard InChI is InChI=1S/C13H13F3N2O4S/c1-22-8-4-7(5-9(6-8)23-13(14,15)16)12(20)18-3-2-10(18)11(19)17-21/h4-6,10,21H,2-3H2,1H3,(H,17,19)/t10-/m1/s1. The van der Waals surface area contributed by atoms with E-state index in [2.05, 4.69) is 0 Å². The van der Waals surface area contributed by atoms with Crippen LogP contribution in [0.3, 0.4) is 0 Å². The number of carbonyl (C=O) groups excluding carboxylic acids is 2. The average molecular weight is 350 g/mol. The van der Waals surface area contributed by atoms with Gasteiger partial charge >= 0.3 is 5.51 Å². The summed E-state index contributed by atoms with van der Waals surface area (Å²) >= 11 is -0.359. The molecule has 0 radical (unpaired) electrons. The molecule has 0 aliphatic carbocycles. The molecule has 6 nitrogen and oxygen atoms in total. The van der Waals surface area contributed by atoms with Gasteiger partial charge in [-0.3, -0.25) is 14.8 Å². The molecule has 0 saturated carbocycles. The molecule has 0 spiro atoms. The predicted molar refractivity (Wildman–Crippen MR) is 74.3 cm³/mol. The second kappa shape index (κ2) is 6.67. The molecular formula is C13H13F3N2O4S. The summed E-state index contributed by atoms with van der Waals surface area (Å²) in [6.45, 7) is 0.274. The Morgan fingerprint density at radius 2 is 2.09 bits per heavy atom. The van der Waals surface area contributed by atoms with Crippen LogP contribution in [0, 0.1) is 0 Å². The largest absolute Gasteiger partial charge is 0.497 e. The lowest BCUT2D eigenvalue weighted by atomic mass is 10.0. The zero-order valence-electron chi connectivity index (χ0n) is 11.9. The lowest BCUT2D eigenvalue weighted by molar-refractivity contribution is -0.137. The minimum atomic E-state index is -4.50. The zero-order valence-corrected chi connectivity index (χ0v) is 12.7. The van der Waals surface area contributed by atoms with Crippen LogP contribution in [-0.2, 0) is 4.79 Å². The number of nitrogens with one attached hydrogen (secondary N) is 1. The van der Waals surface area contributed by atoms with E-state index in [1.807, 2.05) is 0 Å². The van der Waals surface area contributed by atoms with E-state index in [9.17, 15) is 22.8 Å². The summed E-state index contributed by atoms with van der Waals surface area (Å²) in [6.07, 6.45) is 0.367. The summed E-state index contributed by atoms with van der Waals surface area (Å²) in [7, 11) is 1.28. The molecule has 1 aliphatic heterocycles. The molecule has 1 aliphatic rings. The van der Waals surface area contributed by atoms with Gasteiger partial charge in [-0.15, -0.1) is 0 Å². The van der Waals surface area contributed by atoms with E-state index < -0.39 is 23.4 Å². The molecule has 0 aromatic heterocycles. The first-order valence-electron chi connectivity index (χ1n) is 6.45. The van der Waals surface area contributed by atoms with Crippen molar-refractivity contribution in [3.05, 3.63) is 23.8 Å². The normalized spacial score (nSPS) is 17.4. The molecule has 1 aromatic carbocycles. The molecule has 1 saturated heterocycles. The summed E-state index contributed by atoms with van der Waals surface area (Å²) in [5, 5.41) is 8.61. The van der Waals surface area contributed by atoms with Crippen LogP contribution in [-0.4, -0.2) is 47.1 Å². The number of likely N-dealkylation sites (tertiary alicyclic amines) is 1.